The van der Waals surface area contributed by atoms with Crippen LogP contribution in [0.4, 0.5) is 4.39 Å². The van der Waals surface area contributed by atoms with Gasteiger partial charge in [-0.15, -0.1) is 0 Å². The number of halogens is 1. The Balaban J connectivity index is 2.27. The first-order valence-electron chi connectivity index (χ1n) is 6.49. The standard InChI is InChI=1S/C16H16FNO2/c1-10(2)15(19)9-18-16(20)13-7-8-14(17)12-6-4-3-5-11(12)13/h3-8,10H,9H2,1-2H3,(H,18,20). The highest BCUT2D eigenvalue weighted by atomic mass is 19.1. The molecule has 2 rings (SSSR count). The normalized spacial score (nSPS) is 10.8. The highest BCUT2D eigenvalue weighted by Gasteiger charge is 2.14. The second kappa shape index (κ2) is 5.82. The number of Topliss-reactive ketones (excluding diaryl/α,β-unsaturated/α-hetero) is 1. The summed E-state index contributed by atoms with van der Waals surface area (Å²) >= 11 is 0. The van der Waals surface area contributed by atoms with Gasteiger partial charge in [0, 0.05) is 16.9 Å². The summed E-state index contributed by atoms with van der Waals surface area (Å²) < 4.78 is 13.7. The van der Waals surface area contributed by atoms with Crippen LogP contribution < -0.4 is 5.32 Å². The van der Waals surface area contributed by atoms with Crippen molar-refractivity contribution < 1.29 is 14.0 Å². The molecule has 4 heteroatoms. The molecule has 0 aliphatic carbocycles. The molecule has 20 heavy (non-hydrogen) atoms. The van der Waals surface area contributed by atoms with E-state index in [4.69, 9.17) is 0 Å². The number of hydrogen-bond donors (Lipinski definition) is 1. The average Bonchev–Trinajstić information content (AvgIpc) is 2.45. The topological polar surface area (TPSA) is 46.2 Å². The number of hydrogen-bond acceptors (Lipinski definition) is 2. The van der Waals surface area contributed by atoms with E-state index < -0.39 is 0 Å². The molecule has 2 aromatic carbocycles. The monoisotopic (exact) mass is 273 g/mol. The van der Waals surface area contributed by atoms with E-state index in [1.54, 1.807) is 38.1 Å². The van der Waals surface area contributed by atoms with E-state index in [0.29, 0.717) is 16.3 Å². The zero-order valence-electron chi connectivity index (χ0n) is 11.4. The van der Waals surface area contributed by atoms with Crippen LogP contribution in [0.25, 0.3) is 10.8 Å². The zero-order chi connectivity index (χ0) is 14.7. The van der Waals surface area contributed by atoms with Crippen LogP contribution in [0.3, 0.4) is 0 Å². The molecule has 0 aromatic heterocycles. The van der Waals surface area contributed by atoms with Crippen molar-refractivity contribution in [1.82, 2.24) is 5.32 Å². The molecular formula is C16H16FNO2. The van der Waals surface area contributed by atoms with Crippen LogP contribution in [-0.2, 0) is 4.79 Å². The summed E-state index contributed by atoms with van der Waals surface area (Å²) in [4.78, 5) is 23.6. The minimum absolute atomic E-state index is 0.0117. The van der Waals surface area contributed by atoms with E-state index in [1.807, 2.05) is 0 Å². The SMILES string of the molecule is CC(C)C(=O)CNC(=O)c1ccc(F)c2ccccc12. The lowest BCUT2D eigenvalue weighted by atomic mass is 10.0. The Labute approximate surface area is 116 Å². The summed E-state index contributed by atoms with van der Waals surface area (Å²) in [6, 6.07) is 9.49. The fraction of sp³-hybridized carbons (Fsp3) is 0.250. The number of rotatable bonds is 4. The lowest BCUT2D eigenvalue weighted by molar-refractivity contribution is -0.120. The van der Waals surface area contributed by atoms with Gasteiger partial charge in [-0.25, -0.2) is 4.39 Å². The van der Waals surface area contributed by atoms with E-state index in [1.165, 1.54) is 12.1 Å². The number of fused-ring (bicyclic) bond motifs is 1. The number of carbonyl (C=O) groups is 2. The van der Waals surface area contributed by atoms with Gasteiger partial charge in [-0.1, -0.05) is 38.1 Å². The van der Waals surface area contributed by atoms with Crippen LogP contribution in [-0.4, -0.2) is 18.2 Å². The molecular weight excluding hydrogens is 257 g/mol. The van der Waals surface area contributed by atoms with Crippen molar-refractivity contribution >= 4 is 22.5 Å². The first-order valence-corrected chi connectivity index (χ1v) is 6.49. The molecule has 1 amide bonds. The molecule has 0 spiro atoms. The Morgan fingerprint density at radius 1 is 1.10 bits per heavy atom. The first kappa shape index (κ1) is 14.2. The van der Waals surface area contributed by atoms with Gasteiger partial charge < -0.3 is 5.32 Å². The van der Waals surface area contributed by atoms with Crippen LogP contribution in [0.1, 0.15) is 24.2 Å². The lowest BCUT2D eigenvalue weighted by Gasteiger charge is -2.09. The van der Waals surface area contributed by atoms with Gasteiger partial charge in [-0.3, -0.25) is 9.59 Å². The molecule has 0 aliphatic rings. The minimum atomic E-state index is -0.366. The maximum Gasteiger partial charge on any atom is 0.252 e. The quantitative estimate of drug-likeness (QED) is 0.931. The van der Waals surface area contributed by atoms with Gasteiger partial charge in [-0.05, 0) is 17.5 Å². The molecule has 0 atom stereocenters. The Morgan fingerprint density at radius 2 is 1.75 bits per heavy atom. The van der Waals surface area contributed by atoms with Gasteiger partial charge in [0.05, 0.1) is 6.54 Å². The van der Waals surface area contributed by atoms with Crippen LogP contribution in [0.5, 0.6) is 0 Å². The number of amides is 1. The van der Waals surface area contributed by atoms with Crippen molar-refractivity contribution in [2.24, 2.45) is 5.92 Å². The average molecular weight is 273 g/mol. The molecule has 0 bridgehead atoms. The first-order chi connectivity index (χ1) is 9.50. The molecule has 0 saturated heterocycles. The van der Waals surface area contributed by atoms with Crippen LogP contribution >= 0.6 is 0 Å². The van der Waals surface area contributed by atoms with Crippen molar-refractivity contribution in [2.75, 3.05) is 6.54 Å². The van der Waals surface area contributed by atoms with E-state index in [9.17, 15) is 14.0 Å². The van der Waals surface area contributed by atoms with Crippen molar-refractivity contribution in [3.8, 4) is 0 Å². The molecule has 0 radical (unpaired) electrons. The summed E-state index contributed by atoms with van der Waals surface area (Å²) in [5.74, 6) is -0.893. The van der Waals surface area contributed by atoms with Gasteiger partial charge in [-0.2, -0.15) is 0 Å². The molecule has 0 saturated carbocycles. The predicted octanol–water partition coefficient (Wildman–Crippen LogP) is 2.93. The van der Waals surface area contributed by atoms with Crippen molar-refractivity contribution in [1.29, 1.82) is 0 Å². The largest absolute Gasteiger partial charge is 0.345 e. The summed E-state index contributed by atoms with van der Waals surface area (Å²) in [5.41, 5.74) is 0.374. The van der Waals surface area contributed by atoms with Crippen LogP contribution in [0, 0.1) is 11.7 Å². The fourth-order valence-corrected chi connectivity index (χ4v) is 1.93. The summed E-state index contributed by atoms with van der Waals surface area (Å²) in [5, 5.41) is 3.52. The predicted molar refractivity (Wildman–Crippen MR) is 76.1 cm³/mol. The van der Waals surface area contributed by atoms with E-state index in [0.717, 1.165) is 0 Å². The van der Waals surface area contributed by atoms with Gasteiger partial charge in [0.15, 0.2) is 5.78 Å². The molecule has 0 aliphatic heterocycles. The Hall–Kier alpha value is -2.23. The fourth-order valence-electron chi connectivity index (χ4n) is 1.93. The Kier molecular flexibility index (Phi) is 4.13. The van der Waals surface area contributed by atoms with Crippen LogP contribution in [0.2, 0.25) is 0 Å². The third-order valence-corrected chi connectivity index (χ3v) is 3.18. The van der Waals surface area contributed by atoms with Gasteiger partial charge in [0.1, 0.15) is 5.82 Å². The molecule has 0 heterocycles. The highest BCUT2D eigenvalue weighted by Crippen LogP contribution is 2.21. The third-order valence-electron chi connectivity index (χ3n) is 3.18. The summed E-state index contributed by atoms with van der Waals surface area (Å²) in [6.45, 7) is 3.55. The van der Waals surface area contributed by atoms with Crippen LogP contribution in [0.15, 0.2) is 36.4 Å². The third kappa shape index (κ3) is 2.85. The van der Waals surface area contributed by atoms with Gasteiger partial charge in [0.25, 0.3) is 5.91 Å². The number of benzene rings is 2. The number of ketones is 1. The Bertz CT molecular complexity index is 665. The molecule has 1 N–H and O–H groups in total. The zero-order valence-corrected chi connectivity index (χ0v) is 11.4. The lowest BCUT2D eigenvalue weighted by Crippen LogP contribution is -2.31. The number of nitrogens with one attached hydrogen (secondary N) is 1. The molecule has 104 valence electrons. The van der Waals surface area contributed by atoms with E-state index >= 15 is 0 Å². The maximum atomic E-state index is 13.7. The molecule has 0 unspecified atom stereocenters. The summed E-state index contributed by atoms with van der Waals surface area (Å²) in [7, 11) is 0. The van der Waals surface area contributed by atoms with E-state index in [2.05, 4.69) is 5.32 Å². The van der Waals surface area contributed by atoms with Gasteiger partial charge >= 0.3 is 0 Å². The van der Waals surface area contributed by atoms with E-state index in [-0.39, 0.29) is 30.0 Å². The molecule has 0 fully saturated rings. The second-order valence-corrected chi connectivity index (χ2v) is 4.94. The summed E-state index contributed by atoms with van der Waals surface area (Å²) in [6.07, 6.45) is 0. The number of carbonyl (C=O) groups excluding carboxylic acids is 2. The maximum absolute atomic E-state index is 13.7. The molecule has 2 aromatic rings. The Morgan fingerprint density at radius 3 is 2.40 bits per heavy atom. The molecule has 3 nitrogen and oxygen atoms in total. The second-order valence-electron chi connectivity index (χ2n) is 4.94. The smallest absolute Gasteiger partial charge is 0.252 e. The van der Waals surface area contributed by atoms with Gasteiger partial charge in [0.2, 0.25) is 0 Å². The van der Waals surface area contributed by atoms with Crippen molar-refractivity contribution in [2.45, 2.75) is 13.8 Å². The van der Waals surface area contributed by atoms with Crippen molar-refractivity contribution in [3.63, 3.8) is 0 Å². The highest BCUT2D eigenvalue weighted by molar-refractivity contribution is 6.08. The minimum Gasteiger partial charge on any atom is -0.345 e. The van der Waals surface area contributed by atoms with Crippen molar-refractivity contribution in [3.05, 3.63) is 47.8 Å².